The van der Waals surface area contributed by atoms with E-state index < -0.39 is 0 Å². The lowest BCUT2D eigenvalue weighted by Crippen LogP contribution is -2.43. The highest BCUT2D eigenvalue weighted by molar-refractivity contribution is 7.09. The topological polar surface area (TPSA) is 24.9 Å². The molecule has 1 heterocycles. The molecule has 0 unspecified atom stereocenters. The molecule has 0 atom stereocenters. The third-order valence-electron chi connectivity index (χ3n) is 3.75. The summed E-state index contributed by atoms with van der Waals surface area (Å²) < 4.78 is 0. The molecule has 0 saturated heterocycles. The SMILES string of the molecule is CC(C)(C)c1csc(CNC2(CCl)CCCC2)n1. The quantitative estimate of drug-likeness (QED) is 0.844. The van der Waals surface area contributed by atoms with E-state index in [4.69, 9.17) is 16.6 Å². The minimum absolute atomic E-state index is 0.145. The van der Waals surface area contributed by atoms with Crippen molar-refractivity contribution in [2.45, 2.75) is 64.0 Å². The van der Waals surface area contributed by atoms with Gasteiger partial charge in [0, 0.05) is 28.8 Å². The highest BCUT2D eigenvalue weighted by Crippen LogP contribution is 2.31. The number of aromatic nitrogens is 1. The van der Waals surface area contributed by atoms with Crippen LogP contribution < -0.4 is 5.32 Å². The molecule has 0 radical (unpaired) electrons. The summed E-state index contributed by atoms with van der Waals surface area (Å²) >= 11 is 7.88. The maximum atomic E-state index is 6.13. The molecule has 1 aromatic rings. The van der Waals surface area contributed by atoms with E-state index in [2.05, 4.69) is 31.5 Å². The summed E-state index contributed by atoms with van der Waals surface area (Å²) in [6, 6.07) is 0. The lowest BCUT2D eigenvalue weighted by atomic mass is 9.93. The molecular formula is C14H23ClN2S. The minimum atomic E-state index is 0.145. The molecule has 0 bridgehead atoms. The summed E-state index contributed by atoms with van der Waals surface area (Å²) in [6.07, 6.45) is 5.00. The Morgan fingerprint density at radius 2 is 2.06 bits per heavy atom. The van der Waals surface area contributed by atoms with Gasteiger partial charge in [-0.2, -0.15) is 0 Å². The van der Waals surface area contributed by atoms with Gasteiger partial charge in [-0.05, 0) is 12.8 Å². The highest BCUT2D eigenvalue weighted by atomic mass is 35.5. The van der Waals surface area contributed by atoms with Crippen molar-refractivity contribution in [3.63, 3.8) is 0 Å². The normalized spacial score (nSPS) is 19.3. The molecule has 1 aliphatic carbocycles. The van der Waals surface area contributed by atoms with Gasteiger partial charge in [-0.25, -0.2) is 4.98 Å². The zero-order chi connectivity index (χ0) is 13.2. The molecule has 4 heteroatoms. The van der Waals surface area contributed by atoms with Crippen LogP contribution >= 0.6 is 22.9 Å². The van der Waals surface area contributed by atoms with E-state index in [1.165, 1.54) is 36.4 Å². The Morgan fingerprint density at radius 3 is 2.56 bits per heavy atom. The van der Waals surface area contributed by atoms with Crippen molar-refractivity contribution in [3.05, 3.63) is 16.1 Å². The van der Waals surface area contributed by atoms with E-state index in [9.17, 15) is 0 Å². The van der Waals surface area contributed by atoms with Gasteiger partial charge < -0.3 is 5.32 Å². The first kappa shape index (κ1) is 14.3. The second kappa shape index (κ2) is 5.48. The molecule has 2 rings (SSSR count). The monoisotopic (exact) mass is 286 g/mol. The van der Waals surface area contributed by atoms with Gasteiger partial charge in [0.25, 0.3) is 0 Å². The van der Waals surface area contributed by atoms with Crippen LogP contribution in [-0.4, -0.2) is 16.4 Å². The maximum Gasteiger partial charge on any atom is 0.107 e. The number of hydrogen-bond acceptors (Lipinski definition) is 3. The number of nitrogens with one attached hydrogen (secondary N) is 1. The molecule has 102 valence electrons. The zero-order valence-corrected chi connectivity index (χ0v) is 13.1. The lowest BCUT2D eigenvalue weighted by molar-refractivity contribution is 0.367. The Kier molecular flexibility index (Phi) is 4.35. The van der Waals surface area contributed by atoms with Crippen molar-refractivity contribution in [3.8, 4) is 0 Å². The van der Waals surface area contributed by atoms with Gasteiger partial charge >= 0.3 is 0 Å². The third kappa shape index (κ3) is 3.25. The second-order valence-electron chi connectivity index (χ2n) is 6.35. The summed E-state index contributed by atoms with van der Waals surface area (Å²) in [6.45, 7) is 7.47. The van der Waals surface area contributed by atoms with E-state index in [0.29, 0.717) is 5.88 Å². The average Bonchev–Trinajstić information content (AvgIpc) is 2.96. The van der Waals surface area contributed by atoms with Gasteiger partial charge in [-0.3, -0.25) is 0 Å². The fraction of sp³-hybridized carbons (Fsp3) is 0.786. The summed E-state index contributed by atoms with van der Waals surface area (Å²) in [7, 11) is 0. The van der Waals surface area contributed by atoms with Crippen LogP contribution in [0, 0.1) is 0 Å². The fourth-order valence-electron chi connectivity index (χ4n) is 2.41. The van der Waals surface area contributed by atoms with Crippen LogP contribution in [0.2, 0.25) is 0 Å². The van der Waals surface area contributed by atoms with Crippen LogP contribution in [-0.2, 0) is 12.0 Å². The molecular weight excluding hydrogens is 264 g/mol. The molecule has 1 aliphatic rings. The molecule has 1 N–H and O–H groups in total. The standard InChI is InChI=1S/C14H23ClN2S/c1-13(2,3)11-9-18-12(17-11)8-16-14(10-15)6-4-5-7-14/h9,16H,4-8,10H2,1-3H3. The summed E-state index contributed by atoms with van der Waals surface area (Å²) in [5.74, 6) is 0.713. The van der Waals surface area contributed by atoms with E-state index in [0.717, 1.165) is 6.54 Å². The first-order valence-electron chi connectivity index (χ1n) is 6.71. The van der Waals surface area contributed by atoms with E-state index >= 15 is 0 Å². The second-order valence-corrected chi connectivity index (χ2v) is 7.56. The van der Waals surface area contributed by atoms with E-state index in [1.807, 2.05) is 0 Å². The number of thiazole rings is 1. The predicted molar refractivity (Wildman–Crippen MR) is 79.6 cm³/mol. The van der Waals surface area contributed by atoms with Gasteiger partial charge in [0.1, 0.15) is 5.01 Å². The largest absolute Gasteiger partial charge is 0.304 e. The lowest BCUT2D eigenvalue weighted by Gasteiger charge is -2.27. The molecule has 0 spiro atoms. The van der Waals surface area contributed by atoms with Gasteiger partial charge in [-0.15, -0.1) is 22.9 Å². The van der Waals surface area contributed by atoms with Gasteiger partial charge in [0.2, 0.25) is 0 Å². The van der Waals surface area contributed by atoms with Gasteiger partial charge in [0.05, 0.1) is 5.69 Å². The molecule has 0 aromatic carbocycles. The average molecular weight is 287 g/mol. The first-order chi connectivity index (χ1) is 8.45. The van der Waals surface area contributed by atoms with Crippen molar-refractivity contribution in [2.75, 3.05) is 5.88 Å². The van der Waals surface area contributed by atoms with Crippen molar-refractivity contribution in [2.24, 2.45) is 0 Å². The van der Waals surface area contributed by atoms with Crippen LogP contribution in [0.25, 0.3) is 0 Å². The van der Waals surface area contributed by atoms with Crippen molar-refractivity contribution in [1.82, 2.24) is 10.3 Å². The molecule has 18 heavy (non-hydrogen) atoms. The summed E-state index contributed by atoms with van der Waals surface area (Å²) in [4.78, 5) is 4.72. The van der Waals surface area contributed by atoms with E-state index in [-0.39, 0.29) is 11.0 Å². The molecule has 0 aliphatic heterocycles. The summed E-state index contributed by atoms with van der Waals surface area (Å²) in [5.41, 5.74) is 1.50. The Bertz CT molecular complexity index is 389. The maximum absolute atomic E-state index is 6.13. The van der Waals surface area contributed by atoms with Crippen molar-refractivity contribution in [1.29, 1.82) is 0 Å². The Labute approximate surface area is 119 Å². The smallest absolute Gasteiger partial charge is 0.107 e. The molecule has 0 amide bonds. The number of nitrogens with zero attached hydrogens (tertiary/aromatic N) is 1. The minimum Gasteiger partial charge on any atom is -0.304 e. The fourth-order valence-corrected chi connectivity index (χ4v) is 3.73. The molecule has 1 aromatic heterocycles. The van der Waals surface area contributed by atoms with Crippen molar-refractivity contribution >= 4 is 22.9 Å². The predicted octanol–water partition coefficient (Wildman–Crippen LogP) is 4.08. The molecule has 1 fully saturated rings. The van der Waals surface area contributed by atoms with E-state index in [1.54, 1.807) is 11.3 Å². The number of hydrogen-bond donors (Lipinski definition) is 1. The summed E-state index contributed by atoms with van der Waals surface area (Å²) in [5, 5.41) is 7.00. The molecule has 2 nitrogen and oxygen atoms in total. The number of rotatable bonds is 4. The molecule has 1 saturated carbocycles. The zero-order valence-electron chi connectivity index (χ0n) is 11.6. The van der Waals surface area contributed by atoms with Gasteiger partial charge in [-0.1, -0.05) is 33.6 Å². The van der Waals surface area contributed by atoms with Crippen LogP contribution in [0.3, 0.4) is 0 Å². The number of halogens is 1. The van der Waals surface area contributed by atoms with Crippen LogP contribution in [0.4, 0.5) is 0 Å². The van der Waals surface area contributed by atoms with Crippen molar-refractivity contribution < 1.29 is 0 Å². The Morgan fingerprint density at radius 1 is 1.39 bits per heavy atom. The highest BCUT2D eigenvalue weighted by Gasteiger charge is 2.32. The van der Waals surface area contributed by atoms with Gasteiger partial charge in [0.15, 0.2) is 0 Å². The van der Waals surface area contributed by atoms with Crippen LogP contribution in [0.5, 0.6) is 0 Å². The Hall–Kier alpha value is -0.120. The van der Waals surface area contributed by atoms with Crippen LogP contribution in [0.1, 0.15) is 57.2 Å². The first-order valence-corrected chi connectivity index (χ1v) is 8.12. The Balaban J connectivity index is 1.96. The van der Waals surface area contributed by atoms with Crippen LogP contribution in [0.15, 0.2) is 5.38 Å². The third-order valence-corrected chi connectivity index (χ3v) is 5.11. The number of alkyl halides is 1.